The van der Waals surface area contributed by atoms with Crippen molar-refractivity contribution in [1.29, 1.82) is 0 Å². The van der Waals surface area contributed by atoms with E-state index in [-0.39, 0.29) is 34.4 Å². The van der Waals surface area contributed by atoms with Gasteiger partial charge in [0.25, 0.3) is 0 Å². The monoisotopic (exact) mass is 413 g/mol. The number of ether oxygens (including phenoxy) is 1. The van der Waals surface area contributed by atoms with Crippen LogP contribution in [0.1, 0.15) is 47.0 Å². The molecule has 0 aliphatic carbocycles. The maximum absolute atomic E-state index is 13.3. The molecule has 0 spiro atoms. The SMILES string of the molecule is CC[C@@](O[SiH](C)C)([C@H]1C(=O)N2C(C(=O)O)=C(C3CCCO3)S[C@H]12)C(C)(C)C. The Hall–Kier alpha value is -0.833. The number of β-lactam (4-membered cyclic amide) rings is 1. The third kappa shape index (κ3) is 3.18. The number of carboxylic acids is 1. The molecule has 0 aromatic carbocycles. The molecule has 0 radical (unpaired) electrons. The van der Waals surface area contributed by atoms with E-state index in [0.29, 0.717) is 11.5 Å². The number of carbonyl (C=O) groups is 2. The highest BCUT2D eigenvalue weighted by Crippen LogP contribution is 2.59. The standard InChI is InChI=1S/C19H31NO5SSi/c1-7-19(18(2,3)4,25-27(5)6)12-15(21)20-13(17(22)23)14(26-16(12)20)11-9-8-10-24-11/h11-12,16,27H,7-10H2,1-6H3,(H,22,23)/t11?,12-,16+,19+/m0/s1. The summed E-state index contributed by atoms with van der Waals surface area (Å²) in [6.07, 6.45) is 2.26. The Balaban J connectivity index is 1.98. The molecule has 3 heterocycles. The molecule has 27 heavy (non-hydrogen) atoms. The van der Waals surface area contributed by atoms with E-state index in [2.05, 4.69) is 40.8 Å². The second-order valence-electron chi connectivity index (χ2n) is 8.87. The summed E-state index contributed by atoms with van der Waals surface area (Å²) < 4.78 is 12.3. The van der Waals surface area contributed by atoms with E-state index in [1.165, 1.54) is 16.7 Å². The lowest BCUT2D eigenvalue weighted by molar-refractivity contribution is -0.177. The topological polar surface area (TPSA) is 76.1 Å². The number of nitrogens with zero attached hydrogens (tertiary/aromatic N) is 1. The molecule has 2 saturated heterocycles. The fourth-order valence-corrected chi connectivity index (χ4v) is 7.94. The maximum Gasteiger partial charge on any atom is 0.353 e. The van der Waals surface area contributed by atoms with Crippen LogP contribution >= 0.6 is 11.8 Å². The van der Waals surface area contributed by atoms with Gasteiger partial charge in [-0.2, -0.15) is 0 Å². The molecule has 0 aromatic rings. The van der Waals surface area contributed by atoms with E-state index in [1.54, 1.807) is 0 Å². The van der Waals surface area contributed by atoms with Crippen LogP contribution in [-0.4, -0.2) is 54.6 Å². The summed E-state index contributed by atoms with van der Waals surface area (Å²) in [4.78, 5) is 27.4. The molecule has 1 N–H and O–H groups in total. The van der Waals surface area contributed by atoms with Gasteiger partial charge in [0.1, 0.15) is 11.1 Å². The fourth-order valence-electron chi connectivity index (χ4n) is 4.75. The number of hydrogen-bond acceptors (Lipinski definition) is 5. The molecule has 8 heteroatoms. The summed E-state index contributed by atoms with van der Waals surface area (Å²) in [7, 11) is -1.42. The molecule has 0 bridgehead atoms. The van der Waals surface area contributed by atoms with Crippen LogP contribution in [0.4, 0.5) is 0 Å². The predicted molar refractivity (Wildman–Crippen MR) is 108 cm³/mol. The minimum absolute atomic E-state index is 0.121. The van der Waals surface area contributed by atoms with Crippen molar-refractivity contribution in [3.05, 3.63) is 10.6 Å². The smallest absolute Gasteiger partial charge is 0.353 e. The highest BCUT2D eigenvalue weighted by molar-refractivity contribution is 8.04. The molecular formula is C19H31NO5SSi. The zero-order valence-corrected chi connectivity index (χ0v) is 19.0. The van der Waals surface area contributed by atoms with Gasteiger partial charge in [-0.1, -0.05) is 39.5 Å². The number of thioether (sulfide) groups is 1. The summed E-state index contributed by atoms with van der Waals surface area (Å²) in [5.74, 6) is -1.50. The second-order valence-corrected chi connectivity index (χ2v) is 12.4. The minimum Gasteiger partial charge on any atom is -0.477 e. The van der Waals surface area contributed by atoms with E-state index in [0.717, 1.165) is 19.3 Å². The summed E-state index contributed by atoms with van der Waals surface area (Å²) in [5, 5.41) is 9.58. The number of carboxylic acid groups (broad SMARTS) is 1. The molecule has 0 aromatic heterocycles. The van der Waals surface area contributed by atoms with Crippen LogP contribution in [-0.2, 0) is 18.8 Å². The molecule has 6 nitrogen and oxygen atoms in total. The average molecular weight is 414 g/mol. The normalized spacial score (nSPS) is 30.6. The van der Waals surface area contributed by atoms with Crippen molar-refractivity contribution < 1.29 is 23.9 Å². The first kappa shape index (κ1) is 20.9. The molecule has 1 unspecified atom stereocenters. The zero-order valence-electron chi connectivity index (χ0n) is 17.1. The third-order valence-electron chi connectivity index (χ3n) is 5.93. The van der Waals surface area contributed by atoms with E-state index in [4.69, 9.17) is 9.16 Å². The minimum atomic E-state index is -1.42. The van der Waals surface area contributed by atoms with Crippen LogP contribution in [0, 0.1) is 11.3 Å². The Labute approximate surface area is 167 Å². The van der Waals surface area contributed by atoms with Crippen LogP contribution in [0.3, 0.4) is 0 Å². The Morgan fingerprint density at radius 2 is 2.07 bits per heavy atom. The molecule has 3 rings (SSSR count). The Morgan fingerprint density at radius 3 is 2.52 bits per heavy atom. The molecule has 1 amide bonds. The van der Waals surface area contributed by atoms with Gasteiger partial charge in [0.2, 0.25) is 5.91 Å². The van der Waals surface area contributed by atoms with Crippen molar-refractivity contribution in [2.24, 2.45) is 11.3 Å². The van der Waals surface area contributed by atoms with Crippen molar-refractivity contribution in [2.75, 3.05) is 6.61 Å². The maximum atomic E-state index is 13.3. The Bertz CT molecular complexity index is 668. The van der Waals surface area contributed by atoms with Crippen molar-refractivity contribution in [2.45, 2.75) is 77.1 Å². The fraction of sp³-hybridized carbons (Fsp3) is 0.789. The number of carbonyl (C=O) groups excluding carboxylic acids is 1. The number of amides is 1. The molecular weight excluding hydrogens is 382 g/mol. The van der Waals surface area contributed by atoms with Crippen molar-refractivity contribution in [1.82, 2.24) is 4.90 Å². The van der Waals surface area contributed by atoms with Crippen molar-refractivity contribution in [3.8, 4) is 0 Å². The first-order valence-electron chi connectivity index (χ1n) is 9.81. The lowest BCUT2D eigenvalue weighted by Gasteiger charge is -2.57. The van der Waals surface area contributed by atoms with E-state index in [1.807, 2.05) is 0 Å². The molecule has 4 atom stereocenters. The number of hydrogen-bond donors (Lipinski definition) is 1. The molecule has 3 aliphatic heterocycles. The summed E-state index contributed by atoms with van der Waals surface area (Å²) in [6.45, 7) is 13.3. The lowest BCUT2D eigenvalue weighted by Crippen LogP contribution is -2.70. The van der Waals surface area contributed by atoms with E-state index < -0.39 is 20.6 Å². The molecule has 2 fully saturated rings. The van der Waals surface area contributed by atoms with Crippen LogP contribution in [0.15, 0.2) is 10.6 Å². The molecule has 152 valence electrons. The summed E-state index contributed by atoms with van der Waals surface area (Å²) in [5.41, 5.74) is -0.699. The second kappa shape index (κ2) is 7.20. The van der Waals surface area contributed by atoms with Gasteiger partial charge in [-0.05, 0) is 37.8 Å². The quantitative estimate of drug-likeness (QED) is 0.532. The van der Waals surface area contributed by atoms with Crippen LogP contribution < -0.4 is 0 Å². The van der Waals surface area contributed by atoms with Crippen LogP contribution in [0.25, 0.3) is 0 Å². The number of rotatable bonds is 6. The van der Waals surface area contributed by atoms with E-state index >= 15 is 0 Å². The van der Waals surface area contributed by atoms with Gasteiger partial charge in [0, 0.05) is 11.5 Å². The van der Waals surface area contributed by atoms with Gasteiger partial charge >= 0.3 is 5.97 Å². The van der Waals surface area contributed by atoms with Crippen LogP contribution in [0.2, 0.25) is 13.1 Å². The van der Waals surface area contributed by atoms with Gasteiger partial charge in [-0.3, -0.25) is 9.69 Å². The lowest BCUT2D eigenvalue weighted by atomic mass is 9.64. The highest BCUT2D eigenvalue weighted by Gasteiger charge is 2.66. The Morgan fingerprint density at radius 1 is 1.41 bits per heavy atom. The largest absolute Gasteiger partial charge is 0.477 e. The van der Waals surface area contributed by atoms with E-state index in [9.17, 15) is 14.7 Å². The van der Waals surface area contributed by atoms with Crippen LogP contribution in [0.5, 0.6) is 0 Å². The third-order valence-corrected chi connectivity index (χ3v) is 8.26. The van der Waals surface area contributed by atoms with Crippen molar-refractivity contribution in [3.63, 3.8) is 0 Å². The zero-order chi connectivity index (χ0) is 20.1. The van der Waals surface area contributed by atoms with Gasteiger partial charge in [-0.15, -0.1) is 0 Å². The van der Waals surface area contributed by atoms with Gasteiger partial charge in [0.05, 0.1) is 17.6 Å². The average Bonchev–Trinajstić information content (AvgIpc) is 3.17. The molecule has 3 aliphatic rings. The van der Waals surface area contributed by atoms with Gasteiger partial charge < -0.3 is 14.3 Å². The molecule has 0 saturated carbocycles. The summed E-state index contributed by atoms with van der Waals surface area (Å²) in [6, 6.07) is 0. The van der Waals surface area contributed by atoms with Crippen molar-refractivity contribution >= 4 is 32.7 Å². The highest BCUT2D eigenvalue weighted by atomic mass is 32.2. The Kier molecular flexibility index (Phi) is 5.57. The summed E-state index contributed by atoms with van der Waals surface area (Å²) >= 11 is 1.51. The first-order valence-corrected chi connectivity index (χ1v) is 13.5. The number of aliphatic carboxylic acids is 1. The van der Waals surface area contributed by atoms with Gasteiger partial charge in [0.15, 0.2) is 9.04 Å². The number of fused-ring (bicyclic) bond motifs is 1. The first-order chi connectivity index (χ1) is 12.5. The predicted octanol–water partition coefficient (Wildman–Crippen LogP) is 3.19. The van der Waals surface area contributed by atoms with Gasteiger partial charge in [-0.25, -0.2) is 4.79 Å².